The summed E-state index contributed by atoms with van der Waals surface area (Å²) in [6.45, 7) is 4.89. The number of pyridine rings is 1. The van der Waals surface area contributed by atoms with Gasteiger partial charge >= 0.3 is 0 Å². The second-order valence-corrected chi connectivity index (χ2v) is 7.08. The van der Waals surface area contributed by atoms with Crippen molar-refractivity contribution < 1.29 is 13.9 Å². The Morgan fingerprint density at radius 3 is 2.77 bits per heavy atom. The van der Waals surface area contributed by atoms with Crippen LogP contribution < -0.4 is 25.0 Å². The molecule has 7 nitrogen and oxygen atoms in total. The van der Waals surface area contributed by atoms with E-state index in [9.17, 15) is 4.39 Å². The summed E-state index contributed by atoms with van der Waals surface area (Å²) in [5.41, 5.74) is 1.13. The van der Waals surface area contributed by atoms with E-state index in [2.05, 4.69) is 15.6 Å². The highest BCUT2D eigenvalue weighted by molar-refractivity contribution is 14.0. The van der Waals surface area contributed by atoms with Gasteiger partial charge in [0.2, 0.25) is 0 Å². The molecule has 2 heterocycles. The van der Waals surface area contributed by atoms with Gasteiger partial charge in [0, 0.05) is 38.4 Å². The first kappa shape index (κ1) is 25.0. The molecule has 0 aliphatic carbocycles. The number of benzene rings is 1. The van der Waals surface area contributed by atoms with Gasteiger partial charge in [-0.25, -0.2) is 9.37 Å². The van der Waals surface area contributed by atoms with Crippen LogP contribution in [-0.4, -0.2) is 57.4 Å². The molecule has 1 aliphatic heterocycles. The number of halogens is 2. The summed E-state index contributed by atoms with van der Waals surface area (Å²) in [6.07, 6.45) is 3.31. The number of anilines is 1. The average Bonchev–Trinajstić information content (AvgIpc) is 3.22. The van der Waals surface area contributed by atoms with Crippen LogP contribution in [0.1, 0.15) is 18.9 Å². The number of hydrogen-bond acceptors (Lipinski definition) is 5. The number of nitrogens with zero attached hydrogens (tertiary/aromatic N) is 3. The maximum absolute atomic E-state index is 14.0. The number of nitrogens with one attached hydrogen (secondary N) is 2. The first-order valence-corrected chi connectivity index (χ1v) is 10.3. The number of hydrogen-bond donors (Lipinski definition) is 2. The van der Waals surface area contributed by atoms with Gasteiger partial charge in [0.15, 0.2) is 29.1 Å². The maximum Gasteiger partial charge on any atom is 0.191 e. The van der Waals surface area contributed by atoms with Crippen molar-refractivity contribution >= 4 is 35.8 Å². The largest absolute Gasteiger partial charge is 0.493 e. The molecule has 1 saturated heterocycles. The number of methoxy groups -OCH3 is 2. The Kier molecular flexibility index (Phi) is 10.1. The van der Waals surface area contributed by atoms with E-state index in [0.717, 1.165) is 49.0 Å². The summed E-state index contributed by atoms with van der Waals surface area (Å²) < 4.78 is 24.7. The monoisotopic (exact) mass is 543 g/mol. The second kappa shape index (κ2) is 12.5. The molecule has 9 heteroatoms. The van der Waals surface area contributed by atoms with E-state index in [0.29, 0.717) is 18.9 Å². The summed E-state index contributed by atoms with van der Waals surface area (Å²) >= 11 is 0. The van der Waals surface area contributed by atoms with Crippen molar-refractivity contribution in [3.63, 3.8) is 0 Å². The fraction of sp³-hybridized carbons (Fsp3) is 0.455. The second-order valence-electron chi connectivity index (χ2n) is 7.08. The van der Waals surface area contributed by atoms with Gasteiger partial charge in [-0.2, -0.15) is 0 Å². The van der Waals surface area contributed by atoms with Gasteiger partial charge in [-0.3, -0.25) is 4.99 Å². The van der Waals surface area contributed by atoms with Crippen molar-refractivity contribution in [3.8, 4) is 11.5 Å². The van der Waals surface area contributed by atoms with Gasteiger partial charge in [0.1, 0.15) is 0 Å². The van der Waals surface area contributed by atoms with Gasteiger partial charge in [-0.05, 0) is 49.6 Å². The molecule has 1 aromatic carbocycles. The highest BCUT2D eigenvalue weighted by Crippen LogP contribution is 2.27. The minimum absolute atomic E-state index is 0. The molecular formula is C22H31FIN5O2. The Morgan fingerprint density at radius 1 is 1.26 bits per heavy atom. The van der Waals surface area contributed by atoms with E-state index in [1.807, 2.05) is 30.0 Å². The van der Waals surface area contributed by atoms with Crippen molar-refractivity contribution in [2.45, 2.75) is 25.8 Å². The molecule has 31 heavy (non-hydrogen) atoms. The topological polar surface area (TPSA) is 71.0 Å². The molecule has 0 amide bonds. The zero-order valence-electron chi connectivity index (χ0n) is 18.2. The standard InChI is InChI=1S/C22H30FN5O2.HI/c1-4-24-22(26-12-9-16-7-8-19(29-2)20(14-16)30-3)27-17-10-13-28(15-17)21-18(23)6-5-11-25-21;/h5-8,11,14,17H,4,9-10,12-13,15H2,1-3H3,(H2,24,26,27);1H. The molecule has 170 valence electrons. The van der Waals surface area contributed by atoms with Crippen LogP contribution in [0.25, 0.3) is 0 Å². The quantitative estimate of drug-likeness (QED) is 0.303. The number of ether oxygens (including phenoxy) is 2. The first-order chi connectivity index (χ1) is 14.6. The molecule has 1 unspecified atom stereocenters. The SMILES string of the molecule is CCNC(=NCCc1ccc(OC)c(OC)c1)NC1CCN(c2ncccc2F)C1.I. The van der Waals surface area contributed by atoms with Crippen molar-refractivity contribution in [2.75, 3.05) is 45.3 Å². The molecule has 1 atom stereocenters. The fourth-order valence-corrected chi connectivity index (χ4v) is 3.53. The number of aromatic nitrogens is 1. The average molecular weight is 543 g/mol. The predicted octanol–water partition coefficient (Wildman–Crippen LogP) is 3.23. The summed E-state index contributed by atoms with van der Waals surface area (Å²) in [4.78, 5) is 10.9. The highest BCUT2D eigenvalue weighted by Gasteiger charge is 2.25. The van der Waals surface area contributed by atoms with Gasteiger partial charge < -0.3 is 25.0 Å². The van der Waals surface area contributed by atoms with E-state index in [4.69, 9.17) is 14.5 Å². The van der Waals surface area contributed by atoms with Crippen LogP contribution in [0.2, 0.25) is 0 Å². The zero-order valence-corrected chi connectivity index (χ0v) is 20.6. The zero-order chi connectivity index (χ0) is 21.3. The predicted molar refractivity (Wildman–Crippen MR) is 133 cm³/mol. The summed E-state index contributed by atoms with van der Waals surface area (Å²) in [5.74, 6) is 2.34. The lowest BCUT2D eigenvalue weighted by molar-refractivity contribution is 0.354. The van der Waals surface area contributed by atoms with Crippen LogP contribution in [0.4, 0.5) is 10.2 Å². The number of rotatable bonds is 8. The maximum atomic E-state index is 14.0. The summed E-state index contributed by atoms with van der Waals surface area (Å²) in [5, 5.41) is 6.75. The molecular weight excluding hydrogens is 512 g/mol. The molecule has 0 spiro atoms. The molecule has 2 aromatic rings. The van der Waals surface area contributed by atoms with E-state index in [-0.39, 0.29) is 35.8 Å². The molecule has 0 bridgehead atoms. The summed E-state index contributed by atoms with van der Waals surface area (Å²) in [6, 6.07) is 9.15. The van der Waals surface area contributed by atoms with Gasteiger partial charge in [-0.1, -0.05) is 6.07 Å². The van der Waals surface area contributed by atoms with E-state index >= 15 is 0 Å². The highest BCUT2D eigenvalue weighted by atomic mass is 127. The lowest BCUT2D eigenvalue weighted by Gasteiger charge is -2.20. The molecule has 1 aromatic heterocycles. The third kappa shape index (κ3) is 6.84. The van der Waals surface area contributed by atoms with Crippen LogP contribution in [0, 0.1) is 5.82 Å². The molecule has 1 aliphatic rings. The van der Waals surface area contributed by atoms with Crippen LogP contribution in [-0.2, 0) is 6.42 Å². The Labute approximate surface area is 200 Å². The lowest BCUT2D eigenvalue weighted by atomic mass is 10.1. The van der Waals surface area contributed by atoms with E-state index in [1.165, 1.54) is 6.07 Å². The third-order valence-electron chi connectivity index (χ3n) is 5.03. The minimum atomic E-state index is -0.284. The Bertz CT molecular complexity index is 868. The summed E-state index contributed by atoms with van der Waals surface area (Å²) in [7, 11) is 3.26. The van der Waals surface area contributed by atoms with E-state index in [1.54, 1.807) is 26.5 Å². The molecule has 0 radical (unpaired) electrons. The molecule has 3 rings (SSSR count). The van der Waals surface area contributed by atoms with Gasteiger partial charge in [0.05, 0.1) is 14.2 Å². The molecule has 0 saturated carbocycles. The third-order valence-corrected chi connectivity index (χ3v) is 5.03. The van der Waals surface area contributed by atoms with Crippen LogP contribution in [0.5, 0.6) is 11.5 Å². The van der Waals surface area contributed by atoms with E-state index < -0.39 is 0 Å². The van der Waals surface area contributed by atoms with Gasteiger partial charge in [0.25, 0.3) is 0 Å². The smallest absolute Gasteiger partial charge is 0.191 e. The normalized spacial score (nSPS) is 15.9. The first-order valence-electron chi connectivity index (χ1n) is 10.3. The number of aliphatic imine (C=N–C) groups is 1. The van der Waals surface area contributed by atoms with Crippen molar-refractivity contribution in [2.24, 2.45) is 4.99 Å². The van der Waals surface area contributed by atoms with Crippen molar-refractivity contribution in [1.82, 2.24) is 15.6 Å². The van der Waals surface area contributed by atoms with Crippen LogP contribution in [0.3, 0.4) is 0 Å². The molecule has 1 fully saturated rings. The Morgan fingerprint density at radius 2 is 2.06 bits per heavy atom. The minimum Gasteiger partial charge on any atom is -0.493 e. The van der Waals surface area contributed by atoms with Crippen molar-refractivity contribution in [1.29, 1.82) is 0 Å². The lowest BCUT2D eigenvalue weighted by Crippen LogP contribution is -2.44. The van der Waals surface area contributed by atoms with Crippen LogP contribution in [0.15, 0.2) is 41.5 Å². The Balaban J connectivity index is 0.00000341. The van der Waals surface area contributed by atoms with Gasteiger partial charge in [-0.15, -0.1) is 24.0 Å². The Hall–Kier alpha value is -2.30. The van der Waals surface area contributed by atoms with Crippen molar-refractivity contribution in [3.05, 3.63) is 47.9 Å². The van der Waals surface area contributed by atoms with Crippen LogP contribution >= 0.6 is 24.0 Å². The number of guanidine groups is 1. The fourth-order valence-electron chi connectivity index (χ4n) is 3.53. The molecule has 2 N–H and O–H groups in total.